The normalized spacial score (nSPS) is 11.4. The number of aryl methyl sites for hydroxylation is 1. The highest BCUT2D eigenvalue weighted by molar-refractivity contribution is 6.34. The number of anilines is 1. The average molecular weight is 617 g/mol. The molecule has 0 bridgehead atoms. The van der Waals surface area contributed by atoms with Gasteiger partial charge in [-0.3, -0.25) is 19.4 Å². The van der Waals surface area contributed by atoms with Gasteiger partial charge in [0.1, 0.15) is 5.78 Å². The number of hydrogen-bond acceptors (Lipinski definition) is 4. The summed E-state index contributed by atoms with van der Waals surface area (Å²) in [6, 6.07) is 19.4. The monoisotopic (exact) mass is 616 g/mol. The number of rotatable bonds is 10. The number of hydrogen-bond donors (Lipinski definition) is 0. The summed E-state index contributed by atoms with van der Waals surface area (Å²) in [5, 5.41) is 2.52. The van der Waals surface area contributed by atoms with Gasteiger partial charge < -0.3 is 4.90 Å². The van der Waals surface area contributed by atoms with Crippen molar-refractivity contribution in [2.75, 3.05) is 18.5 Å². The second-order valence-electron chi connectivity index (χ2n) is 10.2. The van der Waals surface area contributed by atoms with Gasteiger partial charge in [-0.05, 0) is 84.5 Å². The zero-order valence-corrected chi connectivity index (χ0v) is 28.8. The number of carbonyl (C=O) groups is 3. The van der Waals surface area contributed by atoms with Crippen molar-refractivity contribution in [3.63, 3.8) is 0 Å². The highest BCUT2D eigenvalue weighted by Crippen LogP contribution is 2.24. The standard InChI is InChI=1S/C23H25NO3.C13H18ClN.C2H6/c1-6-22(17(4)26)23-12-9-20(13-15(23)2)19-7-10-21(11-8-19)24(18(5)27)14-16(3)25;1-4-7-12(15-3)13-10(5-2)8-6-9-11(13)14;1-2/h7-13H,2,6,14H2,1,3-5H3;6,8-9H,4-5,7H2,1-3H3;1-2H3/b23-22+;;. The largest absolute Gasteiger partial charge is 0.305 e. The number of amides is 1. The molecular formula is C38H49ClN2O3. The number of aliphatic imine (C=N–C) groups is 1. The predicted molar refractivity (Wildman–Crippen MR) is 189 cm³/mol. The Labute approximate surface area is 269 Å². The van der Waals surface area contributed by atoms with Gasteiger partial charge in [0.15, 0.2) is 5.78 Å². The van der Waals surface area contributed by atoms with Crippen LogP contribution in [-0.4, -0.2) is 36.8 Å². The lowest BCUT2D eigenvalue weighted by molar-refractivity contribution is -0.120. The molecule has 3 aromatic carbocycles. The summed E-state index contributed by atoms with van der Waals surface area (Å²) < 4.78 is 0. The first-order valence-electron chi connectivity index (χ1n) is 15.4. The molecular weight excluding hydrogens is 568 g/mol. The third-order valence-electron chi connectivity index (χ3n) is 7.01. The molecule has 236 valence electrons. The van der Waals surface area contributed by atoms with E-state index in [0.717, 1.165) is 62.7 Å². The summed E-state index contributed by atoms with van der Waals surface area (Å²) >= 11 is 6.24. The van der Waals surface area contributed by atoms with E-state index >= 15 is 0 Å². The van der Waals surface area contributed by atoms with Gasteiger partial charge in [0.25, 0.3) is 0 Å². The molecule has 0 radical (unpaired) electrons. The highest BCUT2D eigenvalue weighted by Gasteiger charge is 2.14. The molecule has 0 heterocycles. The van der Waals surface area contributed by atoms with Crippen LogP contribution in [0.2, 0.25) is 5.02 Å². The fourth-order valence-corrected chi connectivity index (χ4v) is 5.21. The lowest BCUT2D eigenvalue weighted by Crippen LogP contribution is -2.32. The van der Waals surface area contributed by atoms with Crippen LogP contribution in [0.1, 0.15) is 85.8 Å². The smallest absolute Gasteiger partial charge is 0.224 e. The summed E-state index contributed by atoms with van der Waals surface area (Å²) in [4.78, 5) is 40.8. The number of nitrogens with zero attached hydrogens (tertiary/aromatic N) is 2. The van der Waals surface area contributed by atoms with Gasteiger partial charge in [0.05, 0.1) is 6.54 Å². The Balaban J connectivity index is 0.000000481. The predicted octanol–water partition coefficient (Wildman–Crippen LogP) is 8.00. The molecule has 0 N–H and O–H groups in total. The maximum atomic E-state index is 11.8. The van der Waals surface area contributed by atoms with E-state index in [1.165, 1.54) is 24.3 Å². The Morgan fingerprint density at radius 1 is 0.886 bits per heavy atom. The maximum absolute atomic E-state index is 11.8. The summed E-state index contributed by atoms with van der Waals surface area (Å²) in [7, 11) is 1.84. The second-order valence-corrected chi connectivity index (χ2v) is 10.6. The quantitative estimate of drug-likeness (QED) is 0.217. The molecule has 0 spiro atoms. The molecule has 0 unspecified atom stereocenters. The van der Waals surface area contributed by atoms with Crippen LogP contribution in [0.3, 0.4) is 0 Å². The summed E-state index contributed by atoms with van der Waals surface area (Å²) in [6.45, 7) is 18.9. The molecule has 0 aliphatic carbocycles. The van der Waals surface area contributed by atoms with Crippen LogP contribution < -0.4 is 15.3 Å². The molecule has 3 rings (SSSR count). The van der Waals surface area contributed by atoms with E-state index in [1.54, 1.807) is 6.92 Å². The lowest BCUT2D eigenvalue weighted by Gasteiger charge is -2.20. The fourth-order valence-electron chi connectivity index (χ4n) is 4.91. The van der Waals surface area contributed by atoms with Crippen molar-refractivity contribution >= 4 is 52.6 Å². The Hall–Kier alpha value is -3.83. The number of halogens is 1. The van der Waals surface area contributed by atoms with Crippen molar-refractivity contribution < 1.29 is 14.4 Å². The third kappa shape index (κ3) is 10.7. The highest BCUT2D eigenvalue weighted by atomic mass is 35.5. The minimum Gasteiger partial charge on any atom is -0.305 e. The van der Waals surface area contributed by atoms with Crippen molar-refractivity contribution in [3.05, 3.63) is 87.3 Å². The second kappa shape index (κ2) is 19.4. The average Bonchev–Trinajstić information content (AvgIpc) is 3.01. The molecule has 6 heteroatoms. The van der Waals surface area contributed by atoms with Gasteiger partial charge in [0, 0.05) is 41.5 Å². The van der Waals surface area contributed by atoms with Crippen molar-refractivity contribution in [2.45, 2.75) is 81.1 Å². The Morgan fingerprint density at radius 2 is 1.50 bits per heavy atom. The van der Waals surface area contributed by atoms with Crippen LogP contribution in [0.4, 0.5) is 5.69 Å². The Morgan fingerprint density at radius 3 is 1.95 bits per heavy atom. The molecule has 0 atom stereocenters. The van der Waals surface area contributed by atoms with Gasteiger partial charge in [0.2, 0.25) is 5.91 Å². The maximum Gasteiger partial charge on any atom is 0.224 e. The lowest BCUT2D eigenvalue weighted by atomic mass is 9.98. The minimum atomic E-state index is -0.172. The SMILES string of the molecule is C=c1cc(-c2ccc(N(CC(C)=O)C(C)=O)cc2)cc/c1=C(/CC)C(C)=O.CC.CCCC(=NC)c1c(Cl)cccc1CC. The van der Waals surface area contributed by atoms with Gasteiger partial charge in [-0.15, -0.1) is 0 Å². The summed E-state index contributed by atoms with van der Waals surface area (Å²) in [5.74, 6) is -0.177. The van der Waals surface area contributed by atoms with Gasteiger partial charge >= 0.3 is 0 Å². The molecule has 3 aromatic rings. The molecule has 0 aliphatic rings. The van der Waals surface area contributed by atoms with Crippen molar-refractivity contribution in [1.29, 1.82) is 0 Å². The minimum absolute atomic E-state index is 0.0626. The number of ketones is 2. The van der Waals surface area contributed by atoms with E-state index < -0.39 is 0 Å². The molecule has 0 saturated heterocycles. The number of carbonyl (C=O) groups excluding carboxylic acids is 3. The molecule has 0 aliphatic heterocycles. The Kier molecular flexibility index (Phi) is 16.9. The van der Waals surface area contributed by atoms with E-state index in [9.17, 15) is 14.4 Å². The van der Waals surface area contributed by atoms with Crippen LogP contribution >= 0.6 is 11.6 Å². The van der Waals surface area contributed by atoms with Gasteiger partial charge in [-0.1, -0.05) is 95.6 Å². The zero-order valence-electron chi connectivity index (χ0n) is 28.0. The number of benzene rings is 3. The van der Waals surface area contributed by atoms with E-state index in [4.69, 9.17) is 11.6 Å². The van der Waals surface area contributed by atoms with E-state index in [2.05, 4.69) is 31.5 Å². The third-order valence-corrected chi connectivity index (χ3v) is 7.32. The summed E-state index contributed by atoms with van der Waals surface area (Å²) in [6.07, 6.45) is 3.76. The van der Waals surface area contributed by atoms with Crippen LogP contribution in [0, 0.1) is 0 Å². The van der Waals surface area contributed by atoms with Crippen molar-refractivity contribution in [3.8, 4) is 11.1 Å². The molecule has 0 fully saturated rings. The fraction of sp³-hybridized carbons (Fsp3) is 0.368. The molecule has 44 heavy (non-hydrogen) atoms. The van der Waals surface area contributed by atoms with E-state index in [-0.39, 0.29) is 24.0 Å². The van der Waals surface area contributed by atoms with E-state index in [1.807, 2.05) is 82.4 Å². The van der Waals surface area contributed by atoms with Crippen molar-refractivity contribution in [2.24, 2.45) is 4.99 Å². The molecule has 0 saturated carbocycles. The topological polar surface area (TPSA) is 66.8 Å². The van der Waals surface area contributed by atoms with Crippen LogP contribution in [0.5, 0.6) is 0 Å². The summed E-state index contributed by atoms with van der Waals surface area (Å²) in [5.41, 5.74) is 6.98. The first-order valence-corrected chi connectivity index (χ1v) is 15.8. The van der Waals surface area contributed by atoms with Crippen LogP contribution in [0.25, 0.3) is 23.3 Å². The number of Topliss-reactive ketones (excluding diaryl/α,β-unsaturated/α-hetero) is 2. The zero-order chi connectivity index (χ0) is 33.4. The van der Waals surface area contributed by atoms with Crippen molar-refractivity contribution in [1.82, 2.24) is 0 Å². The Bertz CT molecular complexity index is 1560. The molecule has 1 amide bonds. The first-order chi connectivity index (χ1) is 21.0. The van der Waals surface area contributed by atoms with Crippen LogP contribution in [-0.2, 0) is 20.8 Å². The van der Waals surface area contributed by atoms with Crippen LogP contribution in [0.15, 0.2) is 65.7 Å². The van der Waals surface area contributed by atoms with Gasteiger partial charge in [-0.2, -0.15) is 0 Å². The molecule has 5 nitrogen and oxygen atoms in total. The van der Waals surface area contributed by atoms with E-state index in [0.29, 0.717) is 12.1 Å². The first kappa shape index (κ1) is 38.2. The van der Waals surface area contributed by atoms with Gasteiger partial charge in [-0.25, -0.2) is 0 Å². The molecule has 0 aromatic heterocycles.